The Hall–Kier alpha value is -2.19. The molecule has 0 aliphatic carbocycles. The number of hydrogen-bond acceptors (Lipinski definition) is 4. The predicted molar refractivity (Wildman–Crippen MR) is 119 cm³/mol. The van der Waals surface area contributed by atoms with E-state index < -0.39 is 10.0 Å². The Labute approximate surface area is 185 Å². The van der Waals surface area contributed by atoms with Crippen molar-refractivity contribution < 1.29 is 13.2 Å². The lowest BCUT2D eigenvalue weighted by Crippen LogP contribution is -2.46. The van der Waals surface area contributed by atoms with Crippen LogP contribution < -0.4 is 0 Å². The van der Waals surface area contributed by atoms with Gasteiger partial charge in [0.2, 0.25) is 5.91 Å². The minimum absolute atomic E-state index is 0.0784. The smallest absolute Gasteiger partial charge is 0.262 e. The number of rotatable bonds is 6. The third-order valence-electron chi connectivity index (χ3n) is 6.68. The van der Waals surface area contributed by atoms with Crippen molar-refractivity contribution in [2.75, 3.05) is 26.2 Å². The first-order valence-electron chi connectivity index (χ1n) is 11.3. The second-order valence-corrected chi connectivity index (χ2v) is 10.6. The Morgan fingerprint density at radius 3 is 2.32 bits per heavy atom. The molecule has 2 saturated heterocycles. The molecule has 7 nitrogen and oxygen atoms in total. The van der Waals surface area contributed by atoms with Crippen LogP contribution in [-0.4, -0.2) is 59.3 Å². The fourth-order valence-electron chi connectivity index (χ4n) is 4.68. The summed E-state index contributed by atoms with van der Waals surface area (Å²) in [6, 6.07) is 10.5. The number of hydrogen-bond donors (Lipinski definition) is 0. The SMILES string of the molecule is CCn1cnc(S(=O)(=O)N2CCC(C(=O)N3CCC(Cc4ccccc4)CC3)CC2)c1. The highest BCUT2D eigenvalue weighted by molar-refractivity contribution is 7.89. The molecule has 2 aliphatic heterocycles. The summed E-state index contributed by atoms with van der Waals surface area (Å²) in [6.45, 7) is 5.00. The van der Waals surface area contributed by atoms with Crippen LogP contribution in [0.4, 0.5) is 0 Å². The molecule has 2 aliphatic rings. The van der Waals surface area contributed by atoms with Gasteiger partial charge in [-0.15, -0.1) is 0 Å². The van der Waals surface area contributed by atoms with E-state index >= 15 is 0 Å². The second kappa shape index (κ2) is 9.53. The monoisotopic (exact) mass is 444 g/mol. The third-order valence-corrected chi connectivity index (χ3v) is 8.46. The minimum Gasteiger partial charge on any atom is -0.342 e. The zero-order valence-corrected chi connectivity index (χ0v) is 19.0. The molecule has 31 heavy (non-hydrogen) atoms. The number of carbonyl (C=O) groups is 1. The molecule has 0 spiro atoms. The van der Waals surface area contributed by atoms with Gasteiger partial charge in [-0.3, -0.25) is 4.79 Å². The quantitative estimate of drug-likeness (QED) is 0.687. The molecule has 3 heterocycles. The van der Waals surface area contributed by atoms with Crippen molar-refractivity contribution in [2.24, 2.45) is 11.8 Å². The molecule has 0 atom stereocenters. The Balaban J connectivity index is 1.27. The van der Waals surface area contributed by atoms with Gasteiger partial charge in [0.1, 0.15) is 0 Å². The van der Waals surface area contributed by atoms with Gasteiger partial charge in [0.15, 0.2) is 5.03 Å². The number of amides is 1. The summed E-state index contributed by atoms with van der Waals surface area (Å²) in [5.41, 5.74) is 1.37. The lowest BCUT2D eigenvalue weighted by atomic mass is 9.89. The molecule has 8 heteroatoms. The van der Waals surface area contributed by atoms with Crippen molar-refractivity contribution in [1.82, 2.24) is 18.8 Å². The van der Waals surface area contributed by atoms with Gasteiger partial charge >= 0.3 is 0 Å². The molecule has 1 aromatic heterocycles. The number of nitrogens with zero attached hydrogens (tertiary/aromatic N) is 4. The Kier molecular flexibility index (Phi) is 6.77. The zero-order chi connectivity index (χ0) is 21.8. The van der Waals surface area contributed by atoms with Crippen LogP contribution in [0.25, 0.3) is 0 Å². The van der Waals surface area contributed by atoms with Gasteiger partial charge in [0.25, 0.3) is 10.0 Å². The molecule has 0 bridgehead atoms. The maximum Gasteiger partial charge on any atom is 0.262 e. The zero-order valence-electron chi connectivity index (χ0n) is 18.2. The van der Waals surface area contributed by atoms with Gasteiger partial charge in [0.05, 0.1) is 6.33 Å². The predicted octanol–water partition coefficient (Wildman–Crippen LogP) is 2.79. The van der Waals surface area contributed by atoms with Gasteiger partial charge in [0, 0.05) is 44.8 Å². The highest BCUT2D eigenvalue weighted by Crippen LogP contribution is 2.27. The molecule has 0 N–H and O–H groups in total. The van der Waals surface area contributed by atoms with Crippen molar-refractivity contribution in [3.63, 3.8) is 0 Å². The molecule has 1 amide bonds. The van der Waals surface area contributed by atoms with Crippen molar-refractivity contribution >= 4 is 15.9 Å². The average molecular weight is 445 g/mol. The second-order valence-electron chi connectivity index (χ2n) is 8.68. The van der Waals surface area contributed by atoms with E-state index in [2.05, 4.69) is 29.2 Å². The molecular weight excluding hydrogens is 412 g/mol. The normalized spacial score (nSPS) is 19.6. The van der Waals surface area contributed by atoms with E-state index in [9.17, 15) is 13.2 Å². The molecule has 1 aromatic carbocycles. The van der Waals surface area contributed by atoms with Crippen LogP contribution >= 0.6 is 0 Å². The molecule has 2 aromatic rings. The highest BCUT2D eigenvalue weighted by atomic mass is 32.2. The van der Waals surface area contributed by atoms with Gasteiger partial charge < -0.3 is 9.47 Å². The highest BCUT2D eigenvalue weighted by Gasteiger charge is 2.35. The molecular formula is C23H32N4O3S. The fourth-order valence-corrected chi connectivity index (χ4v) is 6.09. The first-order chi connectivity index (χ1) is 15.0. The number of sulfonamides is 1. The van der Waals surface area contributed by atoms with E-state index in [1.807, 2.05) is 17.9 Å². The van der Waals surface area contributed by atoms with E-state index in [4.69, 9.17) is 0 Å². The van der Waals surface area contributed by atoms with Crippen molar-refractivity contribution in [3.8, 4) is 0 Å². The Morgan fingerprint density at radius 2 is 1.71 bits per heavy atom. The number of benzene rings is 1. The van der Waals surface area contributed by atoms with Gasteiger partial charge in [-0.25, -0.2) is 13.4 Å². The van der Waals surface area contributed by atoms with Crippen molar-refractivity contribution in [1.29, 1.82) is 0 Å². The van der Waals surface area contributed by atoms with Crippen LogP contribution in [0, 0.1) is 11.8 Å². The van der Waals surface area contributed by atoms with E-state index in [0.29, 0.717) is 38.4 Å². The van der Waals surface area contributed by atoms with Crippen molar-refractivity contribution in [3.05, 3.63) is 48.4 Å². The summed E-state index contributed by atoms with van der Waals surface area (Å²) in [6.07, 6.45) is 7.43. The van der Waals surface area contributed by atoms with Crippen molar-refractivity contribution in [2.45, 2.75) is 50.6 Å². The number of imidazole rings is 1. The molecule has 0 radical (unpaired) electrons. The molecule has 168 valence electrons. The van der Waals surface area contributed by atoms with Gasteiger partial charge in [-0.2, -0.15) is 4.31 Å². The van der Waals surface area contributed by atoms with Crippen LogP contribution in [0.3, 0.4) is 0 Å². The van der Waals surface area contributed by atoms with Crippen LogP contribution in [0.15, 0.2) is 47.9 Å². The molecule has 0 saturated carbocycles. The summed E-state index contributed by atoms with van der Waals surface area (Å²) in [7, 11) is -3.59. The number of aromatic nitrogens is 2. The summed E-state index contributed by atoms with van der Waals surface area (Å²) in [5.74, 6) is 0.747. The van der Waals surface area contributed by atoms with Gasteiger partial charge in [-0.1, -0.05) is 30.3 Å². The molecule has 2 fully saturated rings. The van der Waals surface area contributed by atoms with E-state index in [-0.39, 0.29) is 16.9 Å². The van der Waals surface area contributed by atoms with Gasteiger partial charge in [-0.05, 0) is 50.5 Å². The minimum atomic E-state index is -3.59. The molecule has 0 unspecified atom stereocenters. The number of aryl methyl sites for hydroxylation is 1. The van der Waals surface area contributed by atoms with Crippen LogP contribution in [-0.2, 0) is 27.8 Å². The number of piperidine rings is 2. The molecule has 4 rings (SSSR count). The maximum absolute atomic E-state index is 13.0. The van der Waals surface area contributed by atoms with Crippen LogP contribution in [0.2, 0.25) is 0 Å². The summed E-state index contributed by atoms with van der Waals surface area (Å²) < 4.78 is 28.9. The maximum atomic E-state index is 13.0. The topological polar surface area (TPSA) is 75.5 Å². The summed E-state index contributed by atoms with van der Waals surface area (Å²) in [4.78, 5) is 19.1. The standard InChI is InChI=1S/C23H32N4O3S/c1-2-25-17-22(24-18-25)31(29,30)27-14-10-21(11-15-27)23(28)26-12-8-20(9-13-26)16-19-6-4-3-5-7-19/h3-7,17-18,20-21H,2,8-16H2,1H3. The average Bonchev–Trinajstić information content (AvgIpc) is 3.30. The van der Waals surface area contributed by atoms with E-state index in [1.54, 1.807) is 17.1 Å². The fraction of sp³-hybridized carbons (Fsp3) is 0.565. The largest absolute Gasteiger partial charge is 0.342 e. The lowest BCUT2D eigenvalue weighted by Gasteiger charge is -2.37. The van der Waals surface area contributed by atoms with Crippen LogP contribution in [0.1, 0.15) is 38.2 Å². The number of carbonyl (C=O) groups excluding carboxylic acids is 1. The van der Waals surface area contributed by atoms with E-state index in [0.717, 1.165) is 32.4 Å². The summed E-state index contributed by atoms with van der Waals surface area (Å²) in [5, 5.41) is 0.0969. The Morgan fingerprint density at radius 1 is 1.03 bits per heavy atom. The first-order valence-corrected chi connectivity index (χ1v) is 12.8. The van der Waals surface area contributed by atoms with Crippen LogP contribution in [0.5, 0.6) is 0 Å². The summed E-state index contributed by atoms with van der Waals surface area (Å²) >= 11 is 0. The number of likely N-dealkylation sites (tertiary alicyclic amines) is 1. The first kappa shape index (κ1) is 22.0. The Bertz CT molecular complexity index is 973. The van der Waals surface area contributed by atoms with E-state index in [1.165, 1.54) is 9.87 Å². The lowest BCUT2D eigenvalue weighted by molar-refractivity contribution is -0.138. The third kappa shape index (κ3) is 5.01.